The largest absolute Gasteiger partial charge is 0.444 e. The fourth-order valence-electron chi connectivity index (χ4n) is 4.67. The van der Waals surface area contributed by atoms with Crippen LogP contribution >= 0.6 is 0 Å². The molecule has 7 heteroatoms. The third-order valence-electron chi connectivity index (χ3n) is 5.81. The van der Waals surface area contributed by atoms with Crippen molar-refractivity contribution in [3.63, 3.8) is 0 Å². The highest BCUT2D eigenvalue weighted by molar-refractivity contribution is 5.67. The van der Waals surface area contributed by atoms with Gasteiger partial charge in [-0.3, -0.25) is 0 Å². The van der Waals surface area contributed by atoms with Gasteiger partial charge in [-0.2, -0.15) is 4.98 Å². The average molecular weight is 405 g/mol. The van der Waals surface area contributed by atoms with Gasteiger partial charge in [-0.15, -0.1) is 0 Å². The summed E-state index contributed by atoms with van der Waals surface area (Å²) in [6, 6.07) is -0.270. The number of allylic oxidation sites excluding steroid dienone is 2. The van der Waals surface area contributed by atoms with E-state index in [1.807, 2.05) is 20.8 Å². The van der Waals surface area contributed by atoms with Crippen LogP contribution in [0.2, 0.25) is 0 Å². The van der Waals surface area contributed by atoms with Crippen molar-refractivity contribution in [1.29, 1.82) is 0 Å². The van der Waals surface area contributed by atoms with Crippen molar-refractivity contribution in [2.45, 2.75) is 96.1 Å². The topological polar surface area (TPSA) is 103 Å². The van der Waals surface area contributed by atoms with Gasteiger partial charge in [-0.05, 0) is 78.1 Å². The summed E-state index contributed by atoms with van der Waals surface area (Å²) in [7, 11) is 0. The molecule has 0 aliphatic heterocycles. The first kappa shape index (κ1) is 21.8. The van der Waals surface area contributed by atoms with E-state index in [1.54, 1.807) is 5.57 Å². The Bertz CT molecular complexity index is 737. The van der Waals surface area contributed by atoms with E-state index in [4.69, 9.17) is 20.0 Å². The summed E-state index contributed by atoms with van der Waals surface area (Å²) in [5.74, 6) is 2.03. The number of hydrogen-bond donors (Lipinski definition) is 2. The van der Waals surface area contributed by atoms with Gasteiger partial charge >= 0.3 is 6.09 Å². The van der Waals surface area contributed by atoms with E-state index in [1.165, 1.54) is 6.42 Å². The van der Waals surface area contributed by atoms with Crippen LogP contribution in [0.1, 0.15) is 96.8 Å². The molecule has 3 N–H and O–H groups in total. The molecule has 1 fully saturated rings. The Morgan fingerprint density at radius 1 is 1.45 bits per heavy atom. The molecule has 1 heterocycles. The van der Waals surface area contributed by atoms with Gasteiger partial charge in [0.05, 0.1) is 6.04 Å². The van der Waals surface area contributed by atoms with Crippen molar-refractivity contribution < 1.29 is 14.1 Å². The Balaban J connectivity index is 1.46. The summed E-state index contributed by atoms with van der Waals surface area (Å²) < 4.78 is 10.8. The first-order valence-electron chi connectivity index (χ1n) is 10.9. The Morgan fingerprint density at radius 3 is 3.00 bits per heavy atom. The molecule has 0 radical (unpaired) electrons. The van der Waals surface area contributed by atoms with Crippen LogP contribution < -0.4 is 11.1 Å². The molecular weight excluding hydrogens is 368 g/mol. The van der Waals surface area contributed by atoms with E-state index in [0.717, 1.165) is 50.8 Å². The molecular formula is C22H36N4O3. The molecule has 7 nitrogen and oxygen atoms in total. The summed E-state index contributed by atoms with van der Waals surface area (Å²) in [5.41, 5.74) is 7.39. The number of ether oxygens (including phenoxy) is 1. The maximum Gasteiger partial charge on any atom is 0.407 e. The van der Waals surface area contributed by atoms with Crippen LogP contribution in [-0.4, -0.2) is 28.4 Å². The molecule has 1 amide bonds. The van der Waals surface area contributed by atoms with Crippen LogP contribution in [0.4, 0.5) is 4.79 Å². The Kier molecular flexibility index (Phi) is 6.66. The van der Waals surface area contributed by atoms with E-state index in [-0.39, 0.29) is 17.6 Å². The van der Waals surface area contributed by atoms with Crippen molar-refractivity contribution in [2.24, 2.45) is 11.7 Å². The Morgan fingerprint density at radius 2 is 2.24 bits per heavy atom. The SMILES string of the molecule is CC1CC2=CCCC(c3noc([C@@H](N)CCCCNC(=O)OC(C)(C)C)n3)(C2)C1. The van der Waals surface area contributed by atoms with Crippen molar-refractivity contribution in [2.75, 3.05) is 6.54 Å². The molecule has 0 spiro atoms. The first-order chi connectivity index (χ1) is 13.7. The highest BCUT2D eigenvalue weighted by Crippen LogP contribution is 2.49. The van der Waals surface area contributed by atoms with Crippen molar-refractivity contribution in [1.82, 2.24) is 15.5 Å². The first-order valence-corrected chi connectivity index (χ1v) is 10.9. The number of unbranched alkanes of at least 4 members (excludes halogenated alkanes) is 1. The molecule has 1 saturated carbocycles. The highest BCUT2D eigenvalue weighted by Gasteiger charge is 2.43. The van der Waals surface area contributed by atoms with Gasteiger partial charge in [0, 0.05) is 12.0 Å². The normalized spacial score (nSPS) is 25.3. The summed E-state index contributed by atoms with van der Waals surface area (Å²) in [5, 5.41) is 7.11. The minimum absolute atomic E-state index is 0.0283. The van der Waals surface area contributed by atoms with Crippen LogP contribution in [0.15, 0.2) is 16.2 Å². The van der Waals surface area contributed by atoms with Crippen LogP contribution in [0.5, 0.6) is 0 Å². The zero-order valence-corrected chi connectivity index (χ0v) is 18.3. The fraction of sp³-hybridized carbons (Fsp3) is 0.773. The van der Waals surface area contributed by atoms with Gasteiger partial charge < -0.3 is 20.3 Å². The summed E-state index contributed by atoms with van der Waals surface area (Å²) in [6.45, 7) is 8.42. The molecule has 0 saturated heterocycles. The number of rotatable bonds is 7. The molecule has 2 aliphatic rings. The van der Waals surface area contributed by atoms with Gasteiger partial charge in [0.15, 0.2) is 5.82 Å². The number of aromatic nitrogens is 2. The number of fused-ring (bicyclic) bond motifs is 2. The molecule has 2 aliphatic carbocycles. The van der Waals surface area contributed by atoms with Crippen LogP contribution in [0, 0.1) is 5.92 Å². The summed E-state index contributed by atoms with van der Waals surface area (Å²) >= 11 is 0. The third-order valence-corrected chi connectivity index (χ3v) is 5.81. The second-order valence-electron chi connectivity index (χ2n) is 9.86. The van der Waals surface area contributed by atoms with Gasteiger partial charge in [-0.1, -0.05) is 23.7 Å². The second-order valence-corrected chi connectivity index (χ2v) is 9.86. The Hall–Kier alpha value is -1.89. The van der Waals surface area contributed by atoms with Gasteiger partial charge in [0.1, 0.15) is 5.60 Å². The fourth-order valence-corrected chi connectivity index (χ4v) is 4.67. The molecule has 29 heavy (non-hydrogen) atoms. The number of nitrogens with zero attached hydrogens (tertiary/aromatic N) is 2. The lowest BCUT2D eigenvalue weighted by Gasteiger charge is -2.41. The molecule has 162 valence electrons. The van der Waals surface area contributed by atoms with Gasteiger partial charge in [0.25, 0.3) is 0 Å². The zero-order valence-electron chi connectivity index (χ0n) is 18.3. The molecule has 2 bridgehead atoms. The maximum atomic E-state index is 11.6. The molecule has 3 rings (SSSR count). The molecule has 1 aromatic rings. The third kappa shape index (κ3) is 5.81. The standard InChI is InChI=1S/C22H36N4O3/c1-15-12-16-8-7-10-22(13-15,14-16)19-25-18(29-26-19)17(23)9-5-6-11-24-20(27)28-21(2,3)4/h8,15,17H,5-7,9-14,23H2,1-4H3,(H,24,27)/t15?,17-,22?/m0/s1. The molecule has 2 unspecified atom stereocenters. The number of carbonyl (C=O) groups excluding carboxylic acids is 1. The molecule has 1 aromatic heterocycles. The van der Waals surface area contributed by atoms with E-state index < -0.39 is 5.60 Å². The summed E-state index contributed by atoms with van der Waals surface area (Å²) in [4.78, 5) is 16.4. The second kappa shape index (κ2) is 8.86. The van der Waals surface area contributed by atoms with Gasteiger partial charge in [0.2, 0.25) is 5.89 Å². The molecule has 3 atom stereocenters. The lowest BCUT2D eigenvalue weighted by atomic mass is 9.63. The molecule has 0 aromatic carbocycles. The minimum atomic E-state index is -0.480. The Labute approximate surface area is 173 Å². The summed E-state index contributed by atoms with van der Waals surface area (Å²) in [6.07, 6.45) is 10.0. The van der Waals surface area contributed by atoms with Crippen LogP contribution in [-0.2, 0) is 10.2 Å². The maximum absolute atomic E-state index is 11.6. The quantitative estimate of drug-likeness (QED) is 0.511. The van der Waals surface area contributed by atoms with Gasteiger partial charge in [-0.25, -0.2) is 4.79 Å². The average Bonchev–Trinajstić information content (AvgIpc) is 3.10. The van der Waals surface area contributed by atoms with Crippen LogP contribution in [0.25, 0.3) is 0 Å². The number of nitrogens with one attached hydrogen (secondary N) is 1. The predicted octanol–water partition coefficient (Wildman–Crippen LogP) is 4.54. The van der Waals surface area contributed by atoms with Crippen LogP contribution in [0.3, 0.4) is 0 Å². The minimum Gasteiger partial charge on any atom is -0.444 e. The van der Waals surface area contributed by atoms with Crippen molar-refractivity contribution >= 4 is 6.09 Å². The van der Waals surface area contributed by atoms with E-state index in [9.17, 15) is 4.79 Å². The number of carbonyl (C=O) groups is 1. The lowest BCUT2D eigenvalue weighted by Crippen LogP contribution is -2.36. The number of nitrogens with two attached hydrogens (primary N) is 1. The van der Waals surface area contributed by atoms with Crippen molar-refractivity contribution in [3.8, 4) is 0 Å². The van der Waals surface area contributed by atoms with E-state index in [2.05, 4.69) is 23.5 Å². The number of alkyl carbamates (subject to hydrolysis) is 1. The smallest absolute Gasteiger partial charge is 0.407 e. The number of hydrogen-bond acceptors (Lipinski definition) is 6. The highest BCUT2D eigenvalue weighted by atomic mass is 16.6. The lowest BCUT2D eigenvalue weighted by molar-refractivity contribution is 0.0527. The predicted molar refractivity (Wildman–Crippen MR) is 111 cm³/mol. The number of amides is 1. The van der Waals surface area contributed by atoms with E-state index >= 15 is 0 Å². The monoisotopic (exact) mass is 404 g/mol. The van der Waals surface area contributed by atoms with E-state index in [0.29, 0.717) is 18.4 Å². The van der Waals surface area contributed by atoms with Crippen molar-refractivity contribution in [3.05, 3.63) is 23.4 Å². The zero-order chi connectivity index (χ0) is 21.1.